The molecule has 3 aliphatic carbocycles. The molecule has 4 nitrogen and oxygen atoms in total. The molecule has 3 aliphatic rings. The first-order chi connectivity index (χ1) is 10.4. The second-order valence-electron chi connectivity index (χ2n) is 7.04. The minimum Gasteiger partial charge on any atom is -0.478 e. The van der Waals surface area contributed by atoms with Crippen LogP contribution in [0.15, 0.2) is 35.5 Å². The van der Waals surface area contributed by atoms with Crippen molar-refractivity contribution in [3.05, 3.63) is 35.5 Å². The highest BCUT2D eigenvalue weighted by atomic mass is 16.4. The van der Waals surface area contributed by atoms with Crippen LogP contribution in [0.3, 0.4) is 0 Å². The Morgan fingerprint density at radius 3 is 2.64 bits per heavy atom. The van der Waals surface area contributed by atoms with Gasteiger partial charge in [-0.3, -0.25) is 0 Å². The van der Waals surface area contributed by atoms with Crippen LogP contribution in [0.4, 0.5) is 0 Å². The van der Waals surface area contributed by atoms with Crippen molar-refractivity contribution in [2.24, 2.45) is 23.2 Å². The molecular formula is C18H22O4. The van der Waals surface area contributed by atoms with E-state index in [9.17, 15) is 14.7 Å². The van der Waals surface area contributed by atoms with Crippen LogP contribution in [-0.4, -0.2) is 22.2 Å². The van der Waals surface area contributed by atoms with E-state index in [0.717, 1.165) is 31.3 Å². The number of rotatable bonds is 2. The first kappa shape index (κ1) is 15.1. The van der Waals surface area contributed by atoms with E-state index in [0.29, 0.717) is 23.8 Å². The summed E-state index contributed by atoms with van der Waals surface area (Å²) in [6, 6.07) is 0. The fraction of sp³-hybridized carbons (Fsp3) is 0.556. The number of carbonyl (C=O) groups is 2. The molecule has 0 bridgehead atoms. The fourth-order valence-electron chi connectivity index (χ4n) is 4.90. The normalized spacial score (nSPS) is 40.5. The average molecular weight is 302 g/mol. The molecule has 2 fully saturated rings. The van der Waals surface area contributed by atoms with E-state index in [1.807, 2.05) is 0 Å². The maximum atomic E-state index is 11.2. The van der Waals surface area contributed by atoms with Crippen molar-refractivity contribution >= 4 is 11.9 Å². The van der Waals surface area contributed by atoms with Gasteiger partial charge in [0.2, 0.25) is 0 Å². The van der Waals surface area contributed by atoms with Crippen molar-refractivity contribution < 1.29 is 19.8 Å². The Bertz CT molecular complexity index is 598. The van der Waals surface area contributed by atoms with Crippen LogP contribution in [0.1, 0.15) is 39.0 Å². The van der Waals surface area contributed by atoms with Crippen molar-refractivity contribution in [1.82, 2.24) is 0 Å². The van der Waals surface area contributed by atoms with Gasteiger partial charge in [0.15, 0.2) is 0 Å². The first-order valence-corrected chi connectivity index (χ1v) is 7.97. The van der Waals surface area contributed by atoms with Crippen molar-refractivity contribution in [3.8, 4) is 0 Å². The fourth-order valence-corrected chi connectivity index (χ4v) is 4.90. The molecule has 0 amide bonds. The topological polar surface area (TPSA) is 74.6 Å². The summed E-state index contributed by atoms with van der Waals surface area (Å²) in [5.74, 6) is -0.758. The lowest BCUT2D eigenvalue weighted by atomic mass is 9.55. The number of carboxylic acids is 2. The van der Waals surface area contributed by atoms with Gasteiger partial charge in [0.25, 0.3) is 0 Å². The number of carboxylic acid groups (broad SMARTS) is 2. The Morgan fingerprint density at radius 2 is 1.95 bits per heavy atom. The lowest BCUT2D eigenvalue weighted by Gasteiger charge is -2.49. The lowest BCUT2D eigenvalue weighted by molar-refractivity contribution is -0.132. The number of aliphatic carboxylic acids is 2. The van der Waals surface area contributed by atoms with Gasteiger partial charge in [0.05, 0.1) is 0 Å². The lowest BCUT2D eigenvalue weighted by Crippen LogP contribution is -2.41. The van der Waals surface area contributed by atoms with E-state index in [1.165, 1.54) is 12.2 Å². The minimum atomic E-state index is -0.993. The zero-order valence-corrected chi connectivity index (χ0v) is 12.8. The van der Waals surface area contributed by atoms with Gasteiger partial charge >= 0.3 is 11.9 Å². The molecule has 2 saturated carbocycles. The highest BCUT2D eigenvalue weighted by Crippen LogP contribution is 2.58. The zero-order valence-electron chi connectivity index (χ0n) is 12.8. The molecule has 4 heteroatoms. The molecule has 0 saturated heterocycles. The Balaban J connectivity index is 1.96. The van der Waals surface area contributed by atoms with Gasteiger partial charge in [-0.15, -0.1) is 0 Å². The van der Waals surface area contributed by atoms with Gasteiger partial charge in [0, 0.05) is 12.2 Å². The monoisotopic (exact) mass is 302 g/mol. The van der Waals surface area contributed by atoms with Gasteiger partial charge in [0.1, 0.15) is 0 Å². The van der Waals surface area contributed by atoms with Crippen LogP contribution in [0.25, 0.3) is 0 Å². The standard InChI is InChI=1S/C18H22O4/c1-18-7-2-3-15(18)13-5-4-11(9-16(19)20)14(10-17(21)22)12(13)6-8-18/h2,7,9-10,12-13,15H,3-6,8H2,1H3,(H,19,20)(H,21,22)/b11-9+,14-10+/t12-,13+,15-,18-/m1/s1. The van der Waals surface area contributed by atoms with Crippen molar-refractivity contribution in [2.45, 2.75) is 39.0 Å². The second-order valence-corrected chi connectivity index (χ2v) is 7.04. The summed E-state index contributed by atoms with van der Waals surface area (Å²) in [6.45, 7) is 2.31. The number of allylic oxidation sites excluding steroid dienone is 4. The summed E-state index contributed by atoms with van der Waals surface area (Å²) in [6.07, 6.45) is 11.7. The van der Waals surface area contributed by atoms with E-state index in [1.54, 1.807) is 0 Å². The Hall–Kier alpha value is -1.84. The molecule has 0 aromatic carbocycles. The summed E-state index contributed by atoms with van der Waals surface area (Å²) in [4.78, 5) is 22.2. The minimum absolute atomic E-state index is 0.188. The molecule has 3 rings (SSSR count). The maximum Gasteiger partial charge on any atom is 0.328 e. The van der Waals surface area contributed by atoms with Crippen LogP contribution in [0.2, 0.25) is 0 Å². The second kappa shape index (κ2) is 5.41. The number of fused-ring (bicyclic) bond motifs is 3. The number of hydrogen-bond acceptors (Lipinski definition) is 2. The Labute approximate surface area is 130 Å². The molecule has 0 aliphatic heterocycles. The van der Waals surface area contributed by atoms with Crippen LogP contribution < -0.4 is 0 Å². The van der Waals surface area contributed by atoms with E-state index < -0.39 is 11.9 Å². The Kier molecular flexibility index (Phi) is 3.71. The van der Waals surface area contributed by atoms with Crippen molar-refractivity contribution in [2.75, 3.05) is 0 Å². The molecule has 2 N–H and O–H groups in total. The highest BCUT2D eigenvalue weighted by molar-refractivity contribution is 5.85. The third-order valence-corrected chi connectivity index (χ3v) is 5.86. The average Bonchev–Trinajstić information content (AvgIpc) is 2.82. The third-order valence-electron chi connectivity index (χ3n) is 5.86. The predicted molar refractivity (Wildman–Crippen MR) is 82.2 cm³/mol. The van der Waals surface area contributed by atoms with Gasteiger partial charge < -0.3 is 10.2 Å². The van der Waals surface area contributed by atoms with Gasteiger partial charge in [-0.05, 0) is 66.4 Å². The summed E-state index contributed by atoms with van der Waals surface area (Å²) < 4.78 is 0. The van der Waals surface area contributed by atoms with Gasteiger partial charge in [-0.2, -0.15) is 0 Å². The van der Waals surface area contributed by atoms with Crippen LogP contribution in [-0.2, 0) is 9.59 Å². The highest BCUT2D eigenvalue weighted by Gasteiger charge is 2.49. The SMILES string of the molecule is C[C@]12C=CC[C@@H]1[C@H]1CCC(=C\C(=O)O)/C(=C\C(=O)O)[C@@H]1CC2. The molecule has 0 aromatic rings. The predicted octanol–water partition coefficient (Wildman–Crippen LogP) is 3.41. The summed E-state index contributed by atoms with van der Waals surface area (Å²) in [5, 5.41) is 18.2. The zero-order chi connectivity index (χ0) is 15.9. The maximum absolute atomic E-state index is 11.2. The molecular weight excluding hydrogens is 280 g/mol. The van der Waals surface area contributed by atoms with E-state index in [-0.39, 0.29) is 11.3 Å². The summed E-state index contributed by atoms with van der Waals surface area (Å²) in [5.41, 5.74) is 1.69. The molecule has 0 radical (unpaired) electrons. The van der Waals surface area contributed by atoms with Crippen LogP contribution in [0, 0.1) is 23.2 Å². The Morgan fingerprint density at radius 1 is 1.23 bits per heavy atom. The summed E-state index contributed by atoms with van der Waals surface area (Å²) >= 11 is 0. The van der Waals surface area contributed by atoms with Gasteiger partial charge in [-0.25, -0.2) is 9.59 Å². The van der Waals surface area contributed by atoms with Crippen LogP contribution in [0.5, 0.6) is 0 Å². The van der Waals surface area contributed by atoms with E-state index in [2.05, 4.69) is 19.1 Å². The third kappa shape index (κ3) is 2.51. The molecule has 0 heterocycles. The molecule has 0 unspecified atom stereocenters. The number of hydrogen-bond donors (Lipinski definition) is 2. The molecule has 118 valence electrons. The van der Waals surface area contributed by atoms with Crippen molar-refractivity contribution in [3.63, 3.8) is 0 Å². The molecule has 0 spiro atoms. The first-order valence-electron chi connectivity index (χ1n) is 7.97. The molecule has 0 aromatic heterocycles. The quantitative estimate of drug-likeness (QED) is 0.605. The summed E-state index contributed by atoms with van der Waals surface area (Å²) in [7, 11) is 0. The van der Waals surface area contributed by atoms with Gasteiger partial charge in [-0.1, -0.05) is 19.1 Å². The van der Waals surface area contributed by atoms with E-state index in [4.69, 9.17) is 5.11 Å². The van der Waals surface area contributed by atoms with Crippen LogP contribution >= 0.6 is 0 Å². The molecule has 4 atom stereocenters. The smallest absolute Gasteiger partial charge is 0.328 e. The van der Waals surface area contributed by atoms with E-state index >= 15 is 0 Å². The largest absolute Gasteiger partial charge is 0.478 e. The van der Waals surface area contributed by atoms with Crippen molar-refractivity contribution in [1.29, 1.82) is 0 Å². The molecule has 22 heavy (non-hydrogen) atoms.